The van der Waals surface area contributed by atoms with Crippen LogP contribution in [-0.4, -0.2) is 56.9 Å². The monoisotopic (exact) mass is 341 g/mol. The molecule has 1 saturated heterocycles. The van der Waals surface area contributed by atoms with Crippen LogP contribution in [-0.2, 0) is 0 Å². The molecule has 1 fully saturated rings. The number of pyridine rings is 1. The fourth-order valence-corrected chi connectivity index (χ4v) is 2.63. The lowest BCUT2D eigenvalue weighted by atomic mass is 10.3. The van der Waals surface area contributed by atoms with E-state index in [0.717, 1.165) is 43.5 Å². The molecular formula is C16H19N7S. The van der Waals surface area contributed by atoms with Gasteiger partial charge in [0.25, 0.3) is 0 Å². The van der Waals surface area contributed by atoms with Crippen LogP contribution in [0.5, 0.6) is 0 Å². The first-order chi connectivity index (χ1) is 11.7. The maximum Gasteiger partial charge on any atom is 0.225 e. The summed E-state index contributed by atoms with van der Waals surface area (Å²) in [5.41, 5.74) is 4.59. The number of rotatable bonds is 3. The summed E-state index contributed by atoms with van der Waals surface area (Å²) in [5, 5.41) is 4.95. The maximum atomic E-state index is 5.44. The Hall–Kier alpha value is -2.61. The highest BCUT2D eigenvalue weighted by Gasteiger charge is 2.20. The van der Waals surface area contributed by atoms with Gasteiger partial charge in [0.2, 0.25) is 5.95 Å². The van der Waals surface area contributed by atoms with Crippen LogP contribution in [0.2, 0.25) is 0 Å². The van der Waals surface area contributed by atoms with Crippen LogP contribution in [0.15, 0.2) is 48.0 Å². The molecule has 1 aliphatic heterocycles. The molecule has 0 amide bonds. The predicted octanol–water partition coefficient (Wildman–Crippen LogP) is 1.29. The lowest BCUT2D eigenvalue weighted by Gasteiger charge is -2.35. The predicted molar refractivity (Wildman–Crippen MR) is 98.0 cm³/mol. The van der Waals surface area contributed by atoms with Gasteiger partial charge in [-0.15, -0.1) is 0 Å². The van der Waals surface area contributed by atoms with Gasteiger partial charge in [-0.25, -0.2) is 9.97 Å². The Morgan fingerprint density at radius 3 is 2.42 bits per heavy atom. The number of aromatic nitrogens is 3. The van der Waals surface area contributed by atoms with Crippen LogP contribution >= 0.6 is 12.2 Å². The second kappa shape index (κ2) is 7.78. The van der Waals surface area contributed by atoms with Gasteiger partial charge in [-0.05, 0) is 37.3 Å². The number of hydrazone groups is 1. The summed E-state index contributed by atoms with van der Waals surface area (Å²) in [6.07, 6.45) is 5.27. The first-order valence-electron chi connectivity index (χ1n) is 7.76. The van der Waals surface area contributed by atoms with Crippen molar-refractivity contribution in [3.63, 3.8) is 0 Å². The molecule has 0 saturated carbocycles. The van der Waals surface area contributed by atoms with Crippen LogP contribution in [0, 0.1) is 0 Å². The molecule has 3 heterocycles. The number of thiocarbonyl (C=S) groups is 1. The average Bonchev–Trinajstić information content (AvgIpc) is 2.67. The normalized spacial score (nSPS) is 15.3. The molecule has 0 radical (unpaired) electrons. The molecule has 1 N–H and O–H groups in total. The lowest BCUT2D eigenvalue weighted by molar-refractivity contribution is 0.378. The minimum atomic E-state index is 0.624. The maximum absolute atomic E-state index is 5.44. The van der Waals surface area contributed by atoms with E-state index in [0.29, 0.717) is 5.11 Å². The Balaban J connectivity index is 1.52. The summed E-state index contributed by atoms with van der Waals surface area (Å²) in [7, 11) is 0. The Morgan fingerprint density at radius 2 is 1.75 bits per heavy atom. The van der Waals surface area contributed by atoms with Gasteiger partial charge in [0, 0.05) is 44.8 Å². The Kier molecular flexibility index (Phi) is 5.27. The van der Waals surface area contributed by atoms with Crippen molar-refractivity contribution in [1.29, 1.82) is 0 Å². The number of nitrogens with zero attached hydrogens (tertiary/aromatic N) is 6. The highest BCUT2D eigenvalue weighted by molar-refractivity contribution is 7.80. The van der Waals surface area contributed by atoms with E-state index in [-0.39, 0.29) is 0 Å². The molecule has 2 aromatic heterocycles. The molecule has 0 bridgehead atoms. The Bertz CT molecular complexity index is 697. The first-order valence-corrected chi connectivity index (χ1v) is 8.17. The van der Waals surface area contributed by atoms with Crippen LogP contribution in [0.1, 0.15) is 12.6 Å². The summed E-state index contributed by atoms with van der Waals surface area (Å²) in [6.45, 7) is 5.18. The lowest BCUT2D eigenvalue weighted by Crippen LogP contribution is -2.51. The average molecular weight is 341 g/mol. The SMILES string of the molecule is C/C(=N\NC(=S)N1CCN(c2ncccn2)CC1)c1ccccn1. The molecule has 8 heteroatoms. The van der Waals surface area contributed by atoms with Crippen LogP contribution in [0.3, 0.4) is 0 Å². The fourth-order valence-electron chi connectivity index (χ4n) is 2.40. The molecule has 3 rings (SSSR count). The van der Waals surface area contributed by atoms with Gasteiger partial charge in [0.15, 0.2) is 5.11 Å². The zero-order valence-corrected chi connectivity index (χ0v) is 14.3. The third-order valence-corrected chi connectivity index (χ3v) is 4.11. The van der Waals surface area contributed by atoms with Gasteiger partial charge in [0.05, 0.1) is 11.4 Å². The molecule has 7 nitrogen and oxygen atoms in total. The number of hydrogen-bond donors (Lipinski definition) is 1. The number of nitrogens with one attached hydrogen (secondary N) is 1. The largest absolute Gasteiger partial charge is 0.344 e. The molecule has 0 aromatic carbocycles. The molecular weight excluding hydrogens is 322 g/mol. The van der Waals surface area contributed by atoms with Gasteiger partial charge < -0.3 is 9.80 Å². The Morgan fingerprint density at radius 1 is 1.04 bits per heavy atom. The highest BCUT2D eigenvalue weighted by Crippen LogP contribution is 2.09. The van der Waals surface area contributed by atoms with Crippen molar-refractivity contribution in [2.24, 2.45) is 5.10 Å². The minimum absolute atomic E-state index is 0.624. The van der Waals surface area contributed by atoms with Crippen molar-refractivity contribution in [3.05, 3.63) is 48.5 Å². The van der Waals surface area contributed by atoms with Crippen molar-refractivity contribution in [2.45, 2.75) is 6.92 Å². The molecule has 0 aliphatic carbocycles. The van der Waals surface area contributed by atoms with E-state index in [9.17, 15) is 0 Å². The highest BCUT2D eigenvalue weighted by atomic mass is 32.1. The second-order valence-corrected chi connectivity index (χ2v) is 5.74. The van der Waals surface area contributed by atoms with Crippen LogP contribution in [0.4, 0.5) is 5.95 Å². The molecule has 0 unspecified atom stereocenters. The number of anilines is 1. The topological polar surface area (TPSA) is 69.5 Å². The minimum Gasteiger partial charge on any atom is -0.344 e. The van der Waals surface area contributed by atoms with Crippen molar-refractivity contribution >= 4 is 29.0 Å². The van der Waals surface area contributed by atoms with Gasteiger partial charge in [-0.2, -0.15) is 5.10 Å². The first kappa shape index (κ1) is 16.3. The van der Waals surface area contributed by atoms with Crippen molar-refractivity contribution in [1.82, 2.24) is 25.3 Å². The van der Waals surface area contributed by atoms with Gasteiger partial charge in [0.1, 0.15) is 0 Å². The van der Waals surface area contributed by atoms with E-state index in [1.54, 1.807) is 18.6 Å². The number of hydrogen-bond acceptors (Lipinski definition) is 6. The summed E-state index contributed by atoms with van der Waals surface area (Å²) >= 11 is 5.44. The van der Waals surface area contributed by atoms with Crippen molar-refractivity contribution < 1.29 is 0 Å². The summed E-state index contributed by atoms with van der Waals surface area (Å²) in [5.74, 6) is 0.764. The van der Waals surface area contributed by atoms with Gasteiger partial charge in [-0.1, -0.05) is 6.07 Å². The van der Waals surface area contributed by atoms with Crippen LogP contribution < -0.4 is 10.3 Å². The summed E-state index contributed by atoms with van der Waals surface area (Å²) in [6, 6.07) is 7.55. The molecule has 1 aliphatic rings. The van der Waals surface area contributed by atoms with E-state index >= 15 is 0 Å². The van der Waals surface area contributed by atoms with E-state index in [1.807, 2.05) is 31.2 Å². The fraction of sp³-hybridized carbons (Fsp3) is 0.312. The zero-order chi connectivity index (χ0) is 16.8. The summed E-state index contributed by atoms with van der Waals surface area (Å²) in [4.78, 5) is 17.1. The molecule has 24 heavy (non-hydrogen) atoms. The van der Waals surface area contributed by atoms with E-state index in [4.69, 9.17) is 12.2 Å². The summed E-state index contributed by atoms with van der Waals surface area (Å²) < 4.78 is 0. The van der Waals surface area contributed by atoms with Gasteiger partial charge >= 0.3 is 0 Å². The van der Waals surface area contributed by atoms with E-state index < -0.39 is 0 Å². The van der Waals surface area contributed by atoms with Crippen molar-refractivity contribution in [2.75, 3.05) is 31.1 Å². The zero-order valence-electron chi connectivity index (χ0n) is 13.5. The van der Waals surface area contributed by atoms with E-state index in [1.165, 1.54) is 0 Å². The smallest absolute Gasteiger partial charge is 0.225 e. The quantitative estimate of drug-likeness (QED) is 0.512. The third-order valence-electron chi connectivity index (χ3n) is 3.76. The van der Waals surface area contributed by atoms with Crippen LogP contribution in [0.25, 0.3) is 0 Å². The van der Waals surface area contributed by atoms with Gasteiger partial charge in [-0.3, -0.25) is 10.4 Å². The molecule has 124 valence electrons. The number of piperazine rings is 1. The Labute approximate surface area is 146 Å². The molecule has 0 spiro atoms. The molecule has 0 atom stereocenters. The van der Waals surface area contributed by atoms with Crippen molar-refractivity contribution in [3.8, 4) is 0 Å². The van der Waals surface area contributed by atoms with E-state index in [2.05, 4.69) is 35.3 Å². The third kappa shape index (κ3) is 4.02. The molecule has 2 aromatic rings. The standard InChI is InChI=1S/C16H19N7S/c1-13(14-5-2-3-6-17-14)20-21-16(24)23-11-9-22(10-12-23)15-18-7-4-8-19-15/h2-8H,9-12H2,1H3,(H,21,24)/b20-13+. The second-order valence-electron chi connectivity index (χ2n) is 5.35.